The summed E-state index contributed by atoms with van der Waals surface area (Å²) >= 11 is 0. The number of aryl methyl sites for hydroxylation is 1. The van der Waals surface area contributed by atoms with Crippen LogP contribution in [0.25, 0.3) is 21.6 Å². The smallest absolute Gasteiger partial charge is 0.354 e. The molecule has 2 aromatic heterocycles. The molecule has 126 valence electrons. The van der Waals surface area contributed by atoms with Gasteiger partial charge in [0.2, 0.25) is 0 Å². The number of carboxylic acid groups (broad SMARTS) is 1. The first kappa shape index (κ1) is 16.6. The van der Waals surface area contributed by atoms with Crippen molar-refractivity contribution in [3.63, 3.8) is 0 Å². The molecule has 0 amide bonds. The highest BCUT2D eigenvalue weighted by Crippen LogP contribution is 2.37. The minimum atomic E-state index is -1.17. The van der Waals surface area contributed by atoms with Gasteiger partial charge in [-0.1, -0.05) is 26.0 Å². The number of hydrogen-bond acceptors (Lipinski definition) is 3. The summed E-state index contributed by atoms with van der Waals surface area (Å²) < 4.78 is 16.0. The summed E-state index contributed by atoms with van der Waals surface area (Å²) in [4.78, 5) is 19.0. The highest BCUT2D eigenvalue weighted by atomic mass is 19.1. The number of benzene rings is 1. The largest absolute Gasteiger partial charge is 0.477 e. The number of fused-ring (bicyclic) bond motifs is 1. The van der Waals surface area contributed by atoms with Gasteiger partial charge in [0, 0.05) is 16.8 Å². The lowest BCUT2D eigenvalue weighted by molar-refractivity contribution is 0.0690. The van der Waals surface area contributed by atoms with Crippen LogP contribution in [0.2, 0.25) is 0 Å². The number of aromatic carboxylic acids is 1. The Hall–Kier alpha value is -3.27. The van der Waals surface area contributed by atoms with Crippen LogP contribution in [0.15, 0.2) is 24.3 Å². The monoisotopic (exact) mass is 338 g/mol. The van der Waals surface area contributed by atoms with Gasteiger partial charge in [0.1, 0.15) is 5.82 Å². The summed E-state index contributed by atoms with van der Waals surface area (Å²) in [6, 6.07) is 5.70. The molecule has 1 N–H and O–H groups in total. The van der Waals surface area contributed by atoms with E-state index >= 15 is 0 Å². The van der Waals surface area contributed by atoms with Gasteiger partial charge >= 0.3 is 5.97 Å². The molecule has 0 radical (unpaired) electrons. The van der Waals surface area contributed by atoms with Gasteiger partial charge in [0.05, 0.1) is 12.3 Å². The van der Waals surface area contributed by atoms with Crippen molar-refractivity contribution in [3.8, 4) is 11.1 Å². The Morgan fingerprint density at radius 2 is 2.08 bits per heavy atom. The van der Waals surface area contributed by atoms with Gasteiger partial charge in [-0.15, -0.1) is 0 Å². The lowest BCUT2D eigenvalue weighted by atomic mass is 10.0. The summed E-state index contributed by atoms with van der Waals surface area (Å²) in [5.41, 5.74) is 1.79. The molecule has 3 aromatic rings. The Labute approximate surface area is 143 Å². The zero-order chi connectivity index (χ0) is 18.3. The normalized spacial score (nSPS) is 11.0. The van der Waals surface area contributed by atoms with Crippen LogP contribution < -0.4 is 0 Å². The maximum absolute atomic E-state index is 14.5. The predicted octanol–water partition coefficient (Wildman–Crippen LogP) is 4.22. The summed E-state index contributed by atoms with van der Waals surface area (Å²) in [7, 11) is 0. The molecule has 0 saturated carbocycles. The van der Waals surface area contributed by atoms with E-state index < -0.39 is 11.8 Å². The van der Waals surface area contributed by atoms with Crippen LogP contribution in [0.5, 0.6) is 0 Å². The lowest BCUT2D eigenvalue weighted by Crippen LogP contribution is -2.09. The second kappa shape index (κ2) is 5.98. The van der Waals surface area contributed by atoms with Crippen molar-refractivity contribution >= 4 is 17.3 Å². The van der Waals surface area contributed by atoms with Crippen molar-refractivity contribution in [3.05, 3.63) is 58.6 Å². The summed E-state index contributed by atoms with van der Waals surface area (Å²) in [5, 5.41) is 13.8. The Bertz CT molecular complexity index is 1050. The molecule has 0 spiro atoms. The maximum atomic E-state index is 14.5. The second-order valence-electron chi connectivity index (χ2n) is 5.97. The molecule has 0 aliphatic rings. The third-order valence-electron chi connectivity index (χ3n) is 3.96. The first-order chi connectivity index (χ1) is 11.8. The SMILES string of the molecule is [C-]#[N+]c1cccc(F)c1-c1c(C)nn2c(C(C)C)cc(C(=O)O)nc12. The van der Waals surface area contributed by atoms with E-state index in [1.54, 1.807) is 6.92 Å². The van der Waals surface area contributed by atoms with E-state index in [0.717, 1.165) is 0 Å². The molecule has 0 bridgehead atoms. The topological polar surface area (TPSA) is 71.9 Å². The number of carbonyl (C=O) groups is 1. The number of rotatable bonds is 3. The van der Waals surface area contributed by atoms with Gasteiger partial charge in [-0.25, -0.2) is 23.5 Å². The molecule has 0 aliphatic heterocycles. The van der Waals surface area contributed by atoms with Gasteiger partial charge < -0.3 is 5.11 Å². The quantitative estimate of drug-likeness (QED) is 0.726. The molecule has 0 atom stereocenters. The van der Waals surface area contributed by atoms with E-state index in [1.807, 2.05) is 13.8 Å². The van der Waals surface area contributed by atoms with Crippen LogP contribution >= 0.6 is 0 Å². The molecule has 2 heterocycles. The molecule has 0 unspecified atom stereocenters. The fourth-order valence-corrected chi connectivity index (χ4v) is 2.81. The van der Waals surface area contributed by atoms with Crippen molar-refractivity contribution in [2.75, 3.05) is 0 Å². The van der Waals surface area contributed by atoms with Crippen molar-refractivity contribution in [2.24, 2.45) is 0 Å². The molecule has 0 aliphatic carbocycles. The van der Waals surface area contributed by atoms with Crippen LogP contribution in [0.3, 0.4) is 0 Å². The van der Waals surface area contributed by atoms with E-state index in [0.29, 0.717) is 17.0 Å². The number of halogens is 1. The molecule has 6 nitrogen and oxygen atoms in total. The second-order valence-corrected chi connectivity index (χ2v) is 5.97. The summed E-state index contributed by atoms with van der Waals surface area (Å²) in [5.74, 6) is -1.76. The number of carboxylic acids is 1. The Balaban J connectivity index is 2.48. The van der Waals surface area contributed by atoms with E-state index in [1.165, 1.54) is 28.8 Å². The molecule has 0 fully saturated rings. The van der Waals surface area contributed by atoms with Crippen molar-refractivity contribution in [2.45, 2.75) is 26.7 Å². The predicted molar refractivity (Wildman–Crippen MR) is 90.4 cm³/mol. The highest BCUT2D eigenvalue weighted by molar-refractivity contribution is 5.91. The average Bonchev–Trinajstić information content (AvgIpc) is 2.89. The third kappa shape index (κ3) is 2.62. The van der Waals surface area contributed by atoms with Crippen LogP contribution in [0.4, 0.5) is 10.1 Å². The fraction of sp³-hybridized carbons (Fsp3) is 0.222. The van der Waals surface area contributed by atoms with Gasteiger partial charge in [0.25, 0.3) is 0 Å². The van der Waals surface area contributed by atoms with Gasteiger partial charge in [0.15, 0.2) is 17.0 Å². The first-order valence-corrected chi connectivity index (χ1v) is 7.65. The minimum Gasteiger partial charge on any atom is -0.477 e. The first-order valence-electron chi connectivity index (χ1n) is 7.65. The average molecular weight is 338 g/mol. The maximum Gasteiger partial charge on any atom is 0.354 e. The number of hydrogen-bond donors (Lipinski definition) is 1. The Morgan fingerprint density at radius 3 is 2.68 bits per heavy atom. The molecule has 7 heteroatoms. The molecular formula is C18H15FN4O2. The number of aromatic nitrogens is 3. The van der Waals surface area contributed by atoms with E-state index in [9.17, 15) is 14.3 Å². The molecule has 1 aromatic carbocycles. The van der Waals surface area contributed by atoms with Crippen LogP contribution in [-0.4, -0.2) is 25.7 Å². The highest BCUT2D eigenvalue weighted by Gasteiger charge is 2.23. The standard InChI is InChI=1S/C18H15FN4O2/c1-9(2)14-8-13(18(24)25)21-17-15(10(3)22-23(14)17)16-11(19)6-5-7-12(16)20-4/h5-9H,1-3H3,(H,24,25). The fourth-order valence-electron chi connectivity index (χ4n) is 2.81. The minimum absolute atomic E-state index is 0.0169. The van der Waals surface area contributed by atoms with E-state index in [2.05, 4.69) is 14.9 Å². The van der Waals surface area contributed by atoms with Gasteiger partial charge in [-0.2, -0.15) is 5.10 Å². The Kier molecular flexibility index (Phi) is 3.97. The zero-order valence-electron chi connectivity index (χ0n) is 13.9. The zero-order valence-corrected chi connectivity index (χ0v) is 13.9. The number of nitrogens with zero attached hydrogens (tertiary/aromatic N) is 4. The molecular weight excluding hydrogens is 323 g/mol. The summed E-state index contributed by atoms with van der Waals surface area (Å²) in [6.07, 6.45) is 0. The summed E-state index contributed by atoms with van der Waals surface area (Å²) in [6.45, 7) is 12.8. The van der Waals surface area contributed by atoms with Gasteiger partial charge in [-0.05, 0) is 25.0 Å². The van der Waals surface area contributed by atoms with E-state index in [4.69, 9.17) is 6.57 Å². The molecule has 25 heavy (non-hydrogen) atoms. The van der Waals surface area contributed by atoms with Crippen LogP contribution in [-0.2, 0) is 0 Å². The molecule has 0 saturated heterocycles. The van der Waals surface area contributed by atoms with Gasteiger partial charge in [-0.3, -0.25) is 0 Å². The van der Waals surface area contributed by atoms with Crippen molar-refractivity contribution < 1.29 is 14.3 Å². The third-order valence-corrected chi connectivity index (χ3v) is 3.96. The van der Waals surface area contributed by atoms with Crippen LogP contribution in [0, 0.1) is 19.3 Å². The molecule has 3 rings (SSSR count). The van der Waals surface area contributed by atoms with Crippen molar-refractivity contribution in [1.29, 1.82) is 0 Å². The van der Waals surface area contributed by atoms with E-state index in [-0.39, 0.29) is 28.5 Å². The lowest BCUT2D eigenvalue weighted by Gasteiger charge is -2.10. The Morgan fingerprint density at radius 1 is 1.36 bits per heavy atom. The van der Waals surface area contributed by atoms with Crippen LogP contribution in [0.1, 0.15) is 41.6 Å². The van der Waals surface area contributed by atoms with Crippen molar-refractivity contribution in [1.82, 2.24) is 14.6 Å².